The molecule has 0 radical (unpaired) electrons. The zero-order valence-electron chi connectivity index (χ0n) is 19.0. The first-order valence-electron chi connectivity index (χ1n) is 11.9. The van der Waals surface area contributed by atoms with Crippen LogP contribution < -0.4 is 0 Å². The van der Waals surface area contributed by atoms with Gasteiger partial charge in [0.05, 0.1) is 18.3 Å². The van der Waals surface area contributed by atoms with Crippen LogP contribution in [0.5, 0.6) is 0 Å². The van der Waals surface area contributed by atoms with Gasteiger partial charge in [0.15, 0.2) is 0 Å². The highest BCUT2D eigenvalue weighted by Crippen LogP contribution is 2.83. The lowest BCUT2D eigenvalue weighted by molar-refractivity contribution is -0.181. The summed E-state index contributed by atoms with van der Waals surface area (Å²) in [4.78, 5) is 38.6. The van der Waals surface area contributed by atoms with Crippen molar-refractivity contribution < 1.29 is 28.6 Å². The van der Waals surface area contributed by atoms with Crippen LogP contribution in [0.25, 0.3) is 0 Å². The van der Waals surface area contributed by atoms with E-state index in [1.165, 1.54) is 6.26 Å². The number of carboxylic acid groups (broad SMARTS) is 1. The van der Waals surface area contributed by atoms with Crippen LogP contribution in [0, 0.1) is 45.8 Å². The van der Waals surface area contributed by atoms with Crippen molar-refractivity contribution in [2.75, 3.05) is 6.61 Å². The summed E-state index contributed by atoms with van der Waals surface area (Å²) in [6.07, 6.45) is 8.38. The van der Waals surface area contributed by atoms with E-state index in [2.05, 4.69) is 13.0 Å². The minimum atomic E-state index is -1.22. The van der Waals surface area contributed by atoms with Crippen LogP contribution in [0.2, 0.25) is 0 Å². The molecule has 3 saturated carbocycles. The average Bonchev–Trinajstić information content (AvgIpc) is 3.50. The molecule has 3 fully saturated rings. The number of hydrogen-bond acceptors (Lipinski definition) is 5. The van der Waals surface area contributed by atoms with Crippen molar-refractivity contribution in [2.24, 2.45) is 45.8 Å². The predicted octanol–water partition coefficient (Wildman–Crippen LogP) is 4.75. The molecule has 7 atom stereocenters. The highest BCUT2D eigenvalue weighted by molar-refractivity contribution is 5.90. The SMILES string of the molecule is CC(C)C1=CC2CC3(C=O)C4CC[C@@H](C)C4CC2(CCOC(=O)c2ccco2)C13C(=O)O. The van der Waals surface area contributed by atoms with Gasteiger partial charge in [-0.3, -0.25) is 4.79 Å². The monoisotopic (exact) mass is 440 g/mol. The van der Waals surface area contributed by atoms with Crippen molar-refractivity contribution in [2.45, 2.75) is 52.9 Å². The maximum atomic E-state index is 13.3. The van der Waals surface area contributed by atoms with E-state index >= 15 is 0 Å². The molecule has 0 amide bonds. The Bertz CT molecular complexity index is 976. The quantitative estimate of drug-likeness (QED) is 0.374. The fraction of sp³-hybridized carbons (Fsp3) is 0.654. The van der Waals surface area contributed by atoms with Crippen molar-refractivity contribution in [1.82, 2.24) is 0 Å². The largest absolute Gasteiger partial charge is 0.481 e. The van der Waals surface area contributed by atoms with E-state index in [9.17, 15) is 19.5 Å². The van der Waals surface area contributed by atoms with E-state index in [1.54, 1.807) is 12.1 Å². The van der Waals surface area contributed by atoms with E-state index in [4.69, 9.17) is 9.15 Å². The molecule has 1 heterocycles. The second kappa shape index (κ2) is 7.06. The van der Waals surface area contributed by atoms with E-state index in [1.807, 2.05) is 13.8 Å². The minimum absolute atomic E-state index is 0.0151. The van der Waals surface area contributed by atoms with Crippen LogP contribution in [0.1, 0.15) is 63.4 Å². The molecule has 1 N–H and O–H groups in total. The Morgan fingerprint density at radius 3 is 2.72 bits per heavy atom. The lowest BCUT2D eigenvalue weighted by Crippen LogP contribution is -2.62. The first-order valence-corrected chi connectivity index (χ1v) is 11.9. The van der Waals surface area contributed by atoms with E-state index in [0.717, 1.165) is 31.1 Å². The number of aliphatic carboxylic acids is 1. The summed E-state index contributed by atoms with van der Waals surface area (Å²) >= 11 is 0. The number of aldehydes is 1. The Morgan fingerprint density at radius 2 is 2.09 bits per heavy atom. The van der Waals surface area contributed by atoms with Crippen LogP contribution in [0.3, 0.4) is 0 Å². The molecule has 5 rings (SSSR count). The first kappa shape index (κ1) is 21.5. The highest BCUT2D eigenvalue weighted by atomic mass is 16.5. The van der Waals surface area contributed by atoms with E-state index < -0.39 is 28.2 Å². The number of rotatable bonds is 7. The lowest BCUT2D eigenvalue weighted by atomic mass is 9.42. The van der Waals surface area contributed by atoms with Crippen molar-refractivity contribution in [3.05, 3.63) is 35.8 Å². The fourth-order valence-corrected chi connectivity index (χ4v) is 8.63. The van der Waals surface area contributed by atoms with Crippen LogP contribution in [-0.4, -0.2) is 29.9 Å². The molecule has 0 spiro atoms. The Kier molecular flexibility index (Phi) is 4.74. The van der Waals surface area contributed by atoms with Gasteiger partial charge in [0.1, 0.15) is 11.7 Å². The van der Waals surface area contributed by atoms with Gasteiger partial charge in [-0.25, -0.2) is 4.79 Å². The van der Waals surface area contributed by atoms with Gasteiger partial charge in [0, 0.05) is 5.41 Å². The third-order valence-corrected chi connectivity index (χ3v) is 9.63. The molecule has 32 heavy (non-hydrogen) atoms. The number of carbonyl (C=O) groups is 3. The second-order valence-corrected chi connectivity index (χ2v) is 10.8. The Hall–Kier alpha value is -2.37. The zero-order chi connectivity index (χ0) is 22.9. The maximum absolute atomic E-state index is 13.3. The molecule has 6 nitrogen and oxygen atoms in total. The van der Waals surface area contributed by atoms with Gasteiger partial charge < -0.3 is 19.1 Å². The van der Waals surface area contributed by atoms with Crippen LogP contribution in [0.4, 0.5) is 0 Å². The molecule has 0 saturated heterocycles. The van der Waals surface area contributed by atoms with Crippen molar-refractivity contribution in [1.29, 1.82) is 0 Å². The molecule has 172 valence electrons. The van der Waals surface area contributed by atoms with Gasteiger partial charge in [-0.05, 0) is 67.4 Å². The summed E-state index contributed by atoms with van der Waals surface area (Å²) in [5, 5.41) is 10.9. The number of ether oxygens (including phenoxy) is 1. The number of esters is 1. The molecular weight excluding hydrogens is 408 g/mol. The number of furan rings is 1. The number of carboxylic acids is 1. The Balaban J connectivity index is 1.57. The molecule has 4 bridgehead atoms. The summed E-state index contributed by atoms with van der Waals surface area (Å²) in [6.45, 7) is 6.42. The van der Waals surface area contributed by atoms with Crippen molar-refractivity contribution >= 4 is 18.2 Å². The van der Waals surface area contributed by atoms with Gasteiger partial charge >= 0.3 is 11.9 Å². The molecule has 6 unspecified atom stereocenters. The summed E-state index contributed by atoms with van der Waals surface area (Å²) in [5.74, 6) is -0.312. The third-order valence-electron chi connectivity index (χ3n) is 9.63. The Morgan fingerprint density at radius 1 is 1.31 bits per heavy atom. The topological polar surface area (TPSA) is 93.8 Å². The fourth-order valence-electron chi connectivity index (χ4n) is 8.63. The molecule has 4 aliphatic rings. The average molecular weight is 441 g/mol. The lowest BCUT2D eigenvalue weighted by Gasteiger charge is -2.58. The maximum Gasteiger partial charge on any atom is 0.374 e. The summed E-state index contributed by atoms with van der Waals surface area (Å²) in [6, 6.07) is 3.19. The highest BCUT2D eigenvalue weighted by Gasteiger charge is 2.83. The molecule has 0 aromatic carbocycles. The number of carbonyl (C=O) groups excluding carboxylic acids is 2. The van der Waals surface area contributed by atoms with Crippen LogP contribution in [0.15, 0.2) is 34.5 Å². The standard InChI is InChI=1S/C26H32O6/c1-15(2)20-11-17-12-25(14-27)19-7-6-16(3)18(19)13-24(17,26(20,25)23(29)30)8-10-32-22(28)21-5-4-9-31-21/h4-5,9,11,14-19H,6-8,10,12-13H2,1-3H3,(H,29,30)/t16-,17?,18?,19?,24?,25?,26?/m1/s1. The summed E-state index contributed by atoms with van der Waals surface area (Å²) < 4.78 is 10.7. The normalized spacial score (nSPS) is 41.4. The van der Waals surface area contributed by atoms with Gasteiger partial charge in [0.2, 0.25) is 5.76 Å². The zero-order valence-corrected chi connectivity index (χ0v) is 19.0. The Labute approximate surface area is 188 Å². The molecule has 1 aromatic heterocycles. The number of hydrogen-bond donors (Lipinski definition) is 1. The van der Waals surface area contributed by atoms with Gasteiger partial charge in [-0.15, -0.1) is 0 Å². The first-order chi connectivity index (χ1) is 15.2. The van der Waals surface area contributed by atoms with Crippen LogP contribution >= 0.6 is 0 Å². The number of fused-ring (bicyclic) bond motifs is 2. The summed E-state index contributed by atoms with van der Waals surface area (Å²) in [5.41, 5.74) is -1.80. The van der Waals surface area contributed by atoms with Crippen LogP contribution in [-0.2, 0) is 14.3 Å². The second-order valence-electron chi connectivity index (χ2n) is 10.8. The van der Waals surface area contributed by atoms with Gasteiger partial charge in [-0.1, -0.05) is 38.8 Å². The molecule has 4 aliphatic carbocycles. The predicted molar refractivity (Wildman–Crippen MR) is 116 cm³/mol. The van der Waals surface area contributed by atoms with Crippen molar-refractivity contribution in [3.8, 4) is 0 Å². The van der Waals surface area contributed by atoms with E-state index in [-0.39, 0.29) is 30.1 Å². The van der Waals surface area contributed by atoms with Gasteiger partial charge in [0.25, 0.3) is 0 Å². The van der Waals surface area contributed by atoms with Gasteiger partial charge in [-0.2, -0.15) is 0 Å². The van der Waals surface area contributed by atoms with Crippen molar-refractivity contribution in [3.63, 3.8) is 0 Å². The smallest absolute Gasteiger partial charge is 0.374 e. The molecule has 6 heteroatoms. The molecule has 0 aliphatic heterocycles. The molecular formula is C26H32O6. The molecule has 1 aromatic rings. The minimum Gasteiger partial charge on any atom is -0.481 e. The van der Waals surface area contributed by atoms with E-state index in [0.29, 0.717) is 24.7 Å². The third kappa shape index (κ3) is 2.33. The number of allylic oxidation sites excluding steroid dienone is 1. The summed E-state index contributed by atoms with van der Waals surface area (Å²) in [7, 11) is 0.